The van der Waals surface area contributed by atoms with E-state index < -0.39 is 16.0 Å². The summed E-state index contributed by atoms with van der Waals surface area (Å²) < 4.78 is 29.5. The van der Waals surface area contributed by atoms with Crippen molar-refractivity contribution in [2.24, 2.45) is 0 Å². The Bertz CT molecular complexity index is 630. The number of ether oxygens (including phenoxy) is 1. The van der Waals surface area contributed by atoms with Gasteiger partial charge in [0.1, 0.15) is 0 Å². The van der Waals surface area contributed by atoms with Crippen LogP contribution in [0.15, 0.2) is 12.1 Å². The molecule has 1 heterocycles. The SMILES string of the molecule is COC(=O)c1cc(N2CCCS2(=O)=O)c(Cl)cc1Cl. The molecular formula is C11H11Cl2NO4S. The molecule has 0 aliphatic carbocycles. The molecule has 104 valence electrons. The molecule has 0 atom stereocenters. The zero-order valence-corrected chi connectivity index (χ0v) is 12.3. The molecule has 0 saturated carbocycles. The Balaban J connectivity index is 2.55. The van der Waals surface area contributed by atoms with Gasteiger partial charge < -0.3 is 4.74 Å². The maximum Gasteiger partial charge on any atom is 0.339 e. The number of methoxy groups -OCH3 is 1. The molecule has 1 aliphatic heterocycles. The minimum Gasteiger partial charge on any atom is -0.465 e. The molecule has 1 saturated heterocycles. The first-order valence-corrected chi connectivity index (χ1v) is 7.81. The highest BCUT2D eigenvalue weighted by atomic mass is 35.5. The largest absolute Gasteiger partial charge is 0.465 e. The van der Waals surface area contributed by atoms with Gasteiger partial charge in [-0.25, -0.2) is 13.2 Å². The van der Waals surface area contributed by atoms with Crippen molar-refractivity contribution in [2.45, 2.75) is 6.42 Å². The summed E-state index contributed by atoms with van der Waals surface area (Å²) in [6.07, 6.45) is 0.523. The topological polar surface area (TPSA) is 63.7 Å². The lowest BCUT2D eigenvalue weighted by atomic mass is 10.2. The highest BCUT2D eigenvalue weighted by Crippen LogP contribution is 2.35. The van der Waals surface area contributed by atoms with Crippen LogP contribution < -0.4 is 4.31 Å². The number of sulfonamides is 1. The fraction of sp³-hybridized carbons (Fsp3) is 0.364. The highest BCUT2D eigenvalue weighted by molar-refractivity contribution is 7.93. The summed E-state index contributed by atoms with van der Waals surface area (Å²) in [6.45, 7) is 0.338. The fourth-order valence-electron chi connectivity index (χ4n) is 1.91. The zero-order valence-electron chi connectivity index (χ0n) is 10.0. The molecule has 1 aromatic rings. The first-order valence-electron chi connectivity index (χ1n) is 5.44. The molecule has 8 heteroatoms. The number of hydrogen-bond donors (Lipinski definition) is 0. The number of hydrogen-bond acceptors (Lipinski definition) is 4. The minimum atomic E-state index is -3.37. The lowest BCUT2D eigenvalue weighted by Crippen LogP contribution is -2.25. The third kappa shape index (κ3) is 2.66. The highest BCUT2D eigenvalue weighted by Gasteiger charge is 2.31. The number of halogens is 2. The van der Waals surface area contributed by atoms with E-state index in [1.807, 2.05) is 0 Å². The van der Waals surface area contributed by atoms with Crippen molar-refractivity contribution in [1.82, 2.24) is 0 Å². The van der Waals surface area contributed by atoms with Crippen LogP contribution in [0.2, 0.25) is 10.0 Å². The van der Waals surface area contributed by atoms with Crippen molar-refractivity contribution in [1.29, 1.82) is 0 Å². The van der Waals surface area contributed by atoms with Crippen molar-refractivity contribution in [3.05, 3.63) is 27.7 Å². The summed E-state index contributed by atoms with van der Waals surface area (Å²) in [4.78, 5) is 11.6. The molecule has 1 fully saturated rings. The van der Waals surface area contributed by atoms with Gasteiger partial charge in [0.05, 0.1) is 34.2 Å². The van der Waals surface area contributed by atoms with Crippen LogP contribution in [-0.2, 0) is 14.8 Å². The summed E-state index contributed by atoms with van der Waals surface area (Å²) in [5.74, 6) is -0.570. The maximum absolute atomic E-state index is 11.9. The fourth-order valence-corrected chi connectivity index (χ4v) is 4.09. The van der Waals surface area contributed by atoms with Gasteiger partial charge in [-0.3, -0.25) is 4.31 Å². The summed E-state index contributed by atoms with van der Waals surface area (Å²) in [5.41, 5.74) is 0.342. The molecule has 0 aromatic heterocycles. The van der Waals surface area contributed by atoms with Gasteiger partial charge in [-0.15, -0.1) is 0 Å². The molecular weight excluding hydrogens is 313 g/mol. The average molecular weight is 324 g/mol. The van der Waals surface area contributed by atoms with E-state index in [1.54, 1.807) is 0 Å². The Morgan fingerprint density at radius 2 is 2.00 bits per heavy atom. The number of anilines is 1. The maximum atomic E-state index is 11.9. The minimum absolute atomic E-state index is 0.0690. The number of nitrogens with zero attached hydrogens (tertiary/aromatic N) is 1. The number of carbonyl (C=O) groups excluding carboxylic acids is 1. The van der Waals surface area contributed by atoms with E-state index in [9.17, 15) is 13.2 Å². The van der Waals surface area contributed by atoms with E-state index in [0.717, 1.165) is 0 Å². The molecule has 5 nitrogen and oxygen atoms in total. The Hall–Kier alpha value is -0.980. The second-order valence-electron chi connectivity index (χ2n) is 4.02. The van der Waals surface area contributed by atoms with Crippen molar-refractivity contribution < 1.29 is 17.9 Å². The van der Waals surface area contributed by atoms with E-state index in [2.05, 4.69) is 4.74 Å². The summed E-state index contributed by atoms with van der Waals surface area (Å²) in [5, 5.41) is 0.306. The summed E-state index contributed by atoms with van der Waals surface area (Å²) in [6, 6.07) is 2.69. The van der Waals surface area contributed by atoms with Crippen LogP contribution in [0, 0.1) is 0 Å². The van der Waals surface area contributed by atoms with Gasteiger partial charge >= 0.3 is 5.97 Å². The number of rotatable bonds is 2. The van der Waals surface area contributed by atoms with Crippen molar-refractivity contribution >= 4 is 44.9 Å². The van der Waals surface area contributed by atoms with Gasteiger partial charge in [0.15, 0.2) is 0 Å². The quantitative estimate of drug-likeness (QED) is 0.783. The molecule has 0 spiro atoms. The molecule has 2 rings (SSSR count). The van der Waals surface area contributed by atoms with Crippen molar-refractivity contribution in [2.75, 3.05) is 23.7 Å². The number of benzene rings is 1. The predicted octanol–water partition coefficient (Wildman–Crippen LogP) is 2.32. The first kappa shape index (κ1) is 14.4. The average Bonchev–Trinajstić information content (AvgIpc) is 2.68. The standard InChI is InChI=1S/C11H11Cl2NO4S/c1-18-11(15)7-5-10(9(13)6-8(7)12)14-3-2-4-19(14,16)17/h5-6H,2-4H2,1H3. The normalized spacial score (nSPS) is 17.5. The summed E-state index contributed by atoms with van der Waals surface area (Å²) >= 11 is 11.9. The van der Waals surface area contributed by atoms with Crippen LogP contribution in [0.25, 0.3) is 0 Å². The van der Waals surface area contributed by atoms with E-state index in [-0.39, 0.29) is 27.0 Å². The number of carbonyl (C=O) groups is 1. The van der Waals surface area contributed by atoms with Gasteiger partial charge in [-0.1, -0.05) is 23.2 Å². The molecule has 1 aromatic carbocycles. The van der Waals surface area contributed by atoms with Gasteiger partial charge in [0.25, 0.3) is 0 Å². The zero-order chi connectivity index (χ0) is 14.2. The number of esters is 1. The van der Waals surface area contributed by atoms with E-state index in [4.69, 9.17) is 23.2 Å². The molecule has 19 heavy (non-hydrogen) atoms. The lowest BCUT2D eigenvalue weighted by Gasteiger charge is -2.19. The van der Waals surface area contributed by atoms with Crippen LogP contribution >= 0.6 is 23.2 Å². The second-order valence-corrected chi connectivity index (χ2v) is 6.84. The predicted molar refractivity (Wildman–Crippen MR) is 73.6 cm³/mol. The van der Waals surface area contributed by atoms with Gasteiger partial charge in [-0.05, 0) is 18.6 Å². The van der Waals surface area contributed by atoms with E-state index in [1.165, 1.54) is 23.5 Å². The van der Waals surface area contributed by atoms with Gasteiger partial charge in [-0.2, -0.15) is 0 Å². The Morgan fingerprint density at radius 3 is 2.53 bits per heavy atom. The molecule has 0 N–H and O–H groups in total. The Labute approximate surface area is 121 Å². The first-order chi connectivity index (χ1) is 8.86. The molecule has 0 radical (unpaired) electrons. The molecule has 0 bridgehead atoms. The third-order valence-electron chi connectivity index (χ3n) is 2.81. The van der Waals surface area contributed by atoms with Gasteiger partial charge in [0.2, 0.25) is 10.0 Å². The Morgan fingerprint density at radius 1 is 1.32 bits per heavy atom. The molecule has 0 amide bonds. The summed E-state index contributed by atoms with van der Waals surface area (Å²) in [7, 11) is -2.15. The lowest BCUT2D eigenvalue weighted by molar-refractivity contribution is 0.0601. The van der Waals surface area contributed by atoms with Crippen molar-refractivity contribution in [3.8, 4) is 0 Å². The van der Waals surface area contributed by atoms with E-state index >= 15 is 0 Å². The van der Waals surface area contributed by atoms with Crippen LogP contribution in [0.1, 0.15) is 16.8 Å². The van der Waals surface area contributed by atoms with Crippen LogP contribution in [0.3, 0.4) is 0 Å². The second kappa shape index (κ2) is 5.19. The monoisotopic (exact) mass is 323 g/mol. The van der Waals surface area contributed by atoms with Crippen LogP contribution in [0.5, 0.6) is 0 Å². The van der Waals surface area contributed by atoms with E-state index in [0.29, 0.717) is 13.0 Å². The van der Waals surface area contributed by atoms with Crippen molar-refractivity contribution in [3.63, 3.8) is 0 Å². The molecule has 1 aliphatic rings. The van der Waals surface area contributed by atoms with Crippen LogP contribution in [-0.4, -0.2) is 33.8 Å². The Kier molecular flexibility index (Phi) is 3.94. The third-order valence-corrected chi connectivity index (χ3v) is 5.28. The molecule has 0 unspecified atom stereocenters. The van der Waals surface area contributed by atoms with Gasteiger partial charge in [0, 0.05) is 6.54 Å². The smallest absolute Gasteiger partial charge is 0.339 e. The van der Waals surface area contributed by atoms with Crippen LogP contribution in [0.4, 0.5) is 5.69 Å².